The minimum absolute atomic E-state index is 0.245. The van der Waals surface area contributed by atoms with Crippen molar-refractivity contribution in [3.63, 3.8) is 0 Å². The van der Waals surface area contributed by atoms with Crippen molar-refractivity contribution in [3.8, 4) is 0 Å². The lowest BCUT2D eigenvalue weighted by molar-refractivity contribution is -0.131. The summed E-state index contributed by atoms with van der Waals surface area (Å²) in [5.74, 6) is -1.75. The monoisotopic (exact) mass is 425 g/mol. The first kappa shape index (κ1) is 21.0. The molecule has 3 aliphatic rings. The van der Waals surface area contributed by atoms with Crippen LogP contribution in [0.25, 0.3) is 10.9 Å². The summed E-state index contributed by atoms with van der Waals surface area (Å²) in [6.45, 7) is 0. The summed E-state index contributed by atoms with van der Waals surface area (Å²) in [4.78, 5) is 40.2. The molecule has 2 bridgehead atoms. The third-order valence-corrected chi connectivity index (χ3v) is 6.07. The Bertz CT molecular complexity index is 1020. The van der Waals surface area contributed by atoms with Crippen molar-refractivity contribution < 1.29 is 14.4 Å². The molecule has 0 spiro atoms. The highest BCUT2D eigenvalue weighted by molar-refractivity contribution is 5.93. The van der Waals surface area contributed by atoms with Gasteiger partial charge in [0.05, 0.1) is 18.5 Å². The van der Waals surface area contributed by atoms with E-state index in [2.05, 4.69) is 25.8 Å². The van der Waals surface area contributed by atoms with Gasteiger partial charge in [-0.2, -0.15) is 10.2 Å². The van der Waals surface area contributed by atoms with Gasteiger partial charge >= 0.3 is 0 Å². The number of H-pyrrole nitrogens is 1. The van der Waals surface area contributed by atoms with Gasteiger partial charge in [0.2, 0.25) is 17.7 Å². The Labute approximate surface area is 179 Å². The maximum atomic E-state index is 12.6. The molecule has 1 aliphatic carbocycles. The van der Waals surface area contributed by atoms with E-state index in [-0.39, 0.29) is 18.9 Å². The minimum atomic E-state index is -1.16. The van der Waals surface area contributed by atoms with E-state index in [1.165, 1.54) is 0 Å². The summed E-state index contributed by atoms with van der Waals surface area (Å²) in [5.41, 5.74) is 12.6. The average Bonchev–Trinajstić information content (AvgIpc) is 3.17. The van der Waals surface area contributed by atoms with E-state index in [9.17, 15) is 14.4 Å². The molecule has 2 aliphatic heterocycles. The van der Waals surface area contributed by atoms with Crippen LogP contribution >= 0.6 is 0 Å². The molecule has 0 unspecified atom stereocenters. The number of rotatable bonds is 8. The number of aromatic nitrogens is 1. The highest BCUT2D eigenvalue weighted by Crippen LogP contribution is 2.36. The van der Waals surface area contributed by atoms with Gasteiger partial charge in [-0.3, -0.25) is 14.4 Å². The molecule has 1 aromatic carbocycles. The summed E-state index contributed by atoms with van der Waals surface area (Å²) >= 11 is 0. The van der Waals surface area contributed by atoms with Crippen molar-refractivity contribution in [2.75, 3.05) is 0 Å². The van der Waals surface area contributed by atoms with Gasteiger partial charge in [0.1, 0.15) is 6.04 Å². The lowest BCUT2D eigenvalue weighted by atomic mass is 9.85. The number of nitrogens with one attached hydrogen (secondary N) is 3. The van der Waals surface area contributed by atoms with Crippen LogP contribution in [0, 0.1) is 0 Å². The number of amides is 3. The van der Waals surface area contributed by atoms with Crippen molar-refractivity contribution in [2.24, 2.45) is 21.7 Å². The lowest BCUT2D eigenvalue weighted by Gasteiger charge is -2.39. The zero-order chi connectivity index (χ0) is 22.0. The van der Waals surface area contributed by atoms with Gasteiger partial charge < -0.3 is 27.1 Å². The summed E-state index contributed by atoms with van der Waals surface area (Å²) in [6, 6.07) is 5.89. The van der Waals surface area contributed by atoms with Crippen molar-refractivity contribution >= 4 is 28.6 Å². The Hall–Kier alpha value is -3.27. The van der Waals surface area contributed by atoms with Crippen LogP contribution in [0.5, 0.6) is 0 Å². The molecule has 1 saturated carbocycles. The van der Waals surface area contributed by atoms with E-state index in [4.69, 9.17) is 11.5 Å². The number of primary amides is 1. The van der Waals surface area contributed by atoms with Crippen LogP contribution in [0.1, 0.15) is 37.7 Å². The molecular formula is C21H27N7O3. The second-order valence-corrected chi connectivity index (χ2v) is 8.36. The molecular weight excluding hydrogens is 398 g/mol. The number of para-hydroxylation sites is 1. The van der Waals surface area contributed by atoms with Crippen molar-refractivity contribution in [1.82, 2.24) is 15.6 Å². The molecule has 10 heteroatoms. The normalized spacial score (nSPS) is 24.0. The zero-order valence-corrected chi connectivity index (χ0v) is 17.1. The second-order valence-electron chi connectivity index (χ2n) is 8.36. The van der Waals surface area contributed by atoms with Crippen molar-refractivity contribution in [2.45, 2.75) is 62.3 Å². The number of carbonyl (C=O) groups excluding carboxylic acids is 3. The fourth-order valence-electron chi connectivity index (χ4n) is 4.27. The number of hydrogen-bond acceptors (Lipinski definition) is 6. The smallest absolute Gasteiger partial charge is 0.240 e. The molecule has 1 fully saturated rings. The number of hydrogen-bond donors (Lipinski definition) is 5. The summed E-state index contributed by atoms with van der Waals surface area (Å²) in [5, 5.41) is 14.8. The van der Waals surface area contributed by atoms with Gasteiger partial charge in [0.25, 0.3) is 0 Å². The van der Waals surface area contributed by atoms with Gasteiger partial charge in [0.15, 0.2) is 5.66 Å². The topological polar surface area (TPSA) is 168 Å². The van der Waals surface area contributed by atoms with Crippen LogP contribution in [0.2, 0.25) is 0 Å². The summed E-state index contributed by atoms with van der Waals surface area (Å²) in [6.07, 6.45) is 5.00. The van der Waals surface area contributed by atoms with Gasteiger partial charge in [-0.15, -0.1) is 0 Å². The van der Waals surface area contributed by atoms with Crippen LogP contribution in [-0.2, 0) is 20.8 Å². The maximum Gasteiger partial charge on any atom is 0.240 e. The number of nitrogens with two attached hydrogens (primary N) is 2. The van der Waals surface area contributed by atoms with E-state index in [1.54, 1.807) is 0 Å². The molecule has 3 heterocycles. The van der Waals surface area contributed by atoms with E-state index in [0.717, 1.165) is 42.1 Å². The molecule has 5 rings (SSSR count). The van der Waals surface area contributed by atoms with Gasteiger partial charge in [0, 0.05) is 17.1 Å². The first-order valence-corrected chi connectivity index (χ1v) is 10.5. The first-order valence-electron chi connectivity index (χ1n) is 10.5. The molecule has 2 aromatic rings. The Balaban J connectivity index is 1.35. The molecule has 1 aromatic heterocycles. The SMILES string of the molecule is NC(=O)[C@H](CC(=O)NC12CCC(CC1)N=N2)NC(=O)[C@@H](N)Cc1c[nH]c2ccccc12. The largest absolute Gasteiger partial charge is 0.368 e. The van der Waals surface area contributed by atoms with Gasteiger partial charge in [-0.25, -0.2) is 0 Å². The minimum Gasteiger partial charge on any atom is -0.368 e. The molecule has 31 heavy (non-hydrogen) atoms. The number of azo groups is 1. The number of benzene rings is 1. The van der Waals surface area contributed by atoms with E-state index < -0.39 is 35.5 Å². The van der Waals surface area contributed by atoms with Crippen molar-refractivity contribution in [1.29, 1.82) is 0 Å². The Morgan fingerprint density at radius 1 is 1.23 bits per heavy atom. The van der Waals surface area contributed by atoms with Crippen LogP contribution < -0.4 is 22.1 Å². The summed E-state index contributed by atoms with van der Waals surface area (Å²) < 4.78 is 0. The quantitative estimate of drug-likeness (QED) is 0.418. The van der Waals surface area contributed by atoms with Crippen LogP contribution in [0.15, 0.2) is 40.7 Å². The maximum absolute atomic E-state index is 12.6. The van der Waals surface area contributed by atoms with Crippen LogP contribution in [-0.4, -0.2) is 46.5 Å². The predicted molar refractivity (Wildman–Crippen MR) is 114 cm³/mol. The van der Waals surface area contributed by atoms with Crippen molar-refractivity contribution in [3.05, 3.63) is 36.0 Å². The summed E-state index contributed by atoms with van der Waals surface area (Å²) in [7, 11) is 0. The zero-order valence-electron chi connectivity index (χ0n) is 17.1. The number of nitrogens with zero attached hydrogens (tertiary/aromatic N) is 2. The Kier molecular flexibility index (Phi) is 5.73. The fourth-order valence-corrected chi connectivity index (χ4v) is 4.27. The average molecular weight is 425 g/mol. The highest BCUT2D eigenvalue weighted by atomic mass is 16.2. The Morgan fingerprint density at radius 3 is 2.65 bits per heavy atom. The molecule has 0 saturated heterocycles. The van der Waals surface area contributed by atoms with Gasteiger partial charge in [-0.1, -0.05) is 18.2 Å². The van der Waals surface area contributed by atoms with E-state index in [1.807, 2.05) is 30.5 Å². The van der Waals surface area contributed by atoms with Crippen LogP contribution in [0.4, 0.5) is 0 Å². The third kappa shape index (κ3) is 4.58. The number of carbonyl (C=O) groups is 3. The fraction of sp³-hybridized carbons (Fsp3) is 0.476. The lowest BCUT2D eigenvalue weighted by Crippen LogP contribution is -2.56. The van der Waals surface area contributed by atoms with E-state index >= 15 is 0 Å². The molecule has 0 radical (unpaired) electrons. The molecule has 3 amide bonds. The number of fused-ring (bicyclic) bond motifs is 3. The molecule has 7 N–H and O–H groups in total. The second kappa shape index (κ2) is 8.46. The van der Waals surface area contributed by atoms with Gasteiger partial charge in [-0.05, 0) is 43.7 Å². The molecule has 2 atom stereocenters. The predicted octanol–water partition coefficient (Wildman–Crippen LogP) is 0.619. The van der Waals surface area contributed by atoms with Crippen LogP contribution in [0.3, 0.4) is 0 Å². The molecule has 164 valence electrons. The standard InChI is InChI=1S/C21H27N7O3/c22-15(9-12-11-24-16-4-2-1-3-14(12)16)20(31)25-17(19(23)30)10-18(29)26-21-7-5-13(6-8-21)27-28-21/h1-4,11,13,15,17,24H,5-10,22H2,(H2,23,30)(H,25,31)(H,26,29)/t13?,15-,17-,21?/m0/s1. The third-order valence-electron chi connectivity index (χ3n) is 6.07. The number of aromatic amines is 1. The van der Waals surface area contributed by atoms with E-state index in [0.29, 0.717) is 0 Å². The highest BCUT2D eigenvalue weighted by Gasteiger charge is 2.41. The molecule has 10 nitrogen and oxygen atoms in total. The first-order chi connectivity index (χ1) is 14.8. The Morgan fingerprint density at radius 2 is 1.97 bits per heavy atom.